The number of nitrogens with one attached hydrogen (secondary N) is 2. The monoisotopic (exact) mass is 370 g/mol. The van der Waals surface area contributed by atoms with E-state index in [1.165, 1.54) is 0 Å². The van der Waals surface area contributed by atoms with E-state index in [2.05, 4.69) is 10.6 Å². The molecule has 0 saturated heterocycles. The third-order valence-corrected chi connectivity index (χ3v) is 3.75. The average molecular weight is 370 g/mol. The molecule has 0 unspecified atom stereocenters. The molecule has 2 aromatic carbocycles. The van der Waals surface area contributed by atoms with Gasteiger partial charge in [0.15, 0.2) is 0 Å². The second-order valence-corrected chi connectivity index (χ2v) is 5.79. The minimum Gasteiger partial charge on any atom is -0.494 e. The minimum atomic E-state index is -0.203. The van der Waals surface area contributed by atoms with Gasteiger partial charge in [-0.15, -0.1) is 0 Å². The lowest BCUT2D eigenvalue weighted by molar-refractivity contribution is -0.116. The summed E-state index contributed by atoms with van der Waals surface area (Å²) in [5.74, 6) is 1.03. The van der Waals surface area contributed by atoms with Crippen LogP contribution in [0.1, 0.15) is 37.0 Å². The van der Waals surface area contributed by atoms with Gasteiger partial charge in [0.1, 0.15) is 11.5 Å². The molecule has 0 heterocycles. The van der Waals surface area contributed by atoms with Crippen LogP contribution in [0.4, 0.5) is 5.69 Å². The van der Waals surface area contributed by atoms with Crippen LogP contribution in [0, 0.1) is 0 Å². The van der Waals surface area contributed by atoms with Crippen LogP contribution in [-0.2, 0) is 4.79 Å². The summed E-state index contributed by atoms with van der Waals surface area (Å²) in [7, 11) is 0. The van der Waals surface area contributed by atoms with Crippen LogP contribution in [0.5, 0.6) is 11.5 Å². The van der Waals surface area contributed by atoms with Crippen molar-refractivity contribution in [3.05, 3.63) is 54.1 Å². The van der Waals surface area contributed by atoms with Crippen molar-refractivity contribution in [3.8, 4) is 11.5 Å². The molecule has 0 aliphatic rings. The van der Waals surface area contributed by atoms with Gasteiger partial charge in [0.05, 0.1) is 18.8 Å². The Kier molecular flexibility index (Phi) is 8.16. The minimum absolute atomic E-state index is 0.0943. The van der Waals surface area contributed by atoms with Crippen molar-refractivity contribution in [2.45, 2.75) is 26.7 Å². The number of carbonyl (C=O) groups excluding carboxylic acids is 2. The molecule has 2 amide bonds. The number of anilines is 1. The predicted octanol–water partition coefficient (Wildman–Crippen LogP) is 3.63. The van der Waals surface area contributed by atoms with Crippen LogP contribution in [0.15, 0.2) is 48.5 Å². The van der Waals surface area contributed by atoms with E-state index in [-0.39, 0.29) is 11.8 Å². The number of rotatable bonds is 10. The SMILES string of the molecule is CCOc1ccc(NC(=O)CCCNC(=O)c2ccccc2OCC)cc1. The molecular formula is C21H26N2O4. The van der Waals surface area contributed by atoms with E-state index in [0.29, 0.717) is 43.9 Å². The number of amides is 2. The van der Waals surface area contributed by atoms with E-state index in [1.54, 1.807) is 30.3 Å². The molecule has 0 aliphatic heterocycles. The van der Waals surface area contributed by atoms with E-state index < -0.39 is 0 Å². The van der Waals surface area contributed by atoms with Gasteiger partial charge in [-0.3, -0.25) is 9.59 Å². The summed E-state index contributed by atoms with van der Waals surface area (Å²) in [6.07, 6.45) is 0.867. The van der Waals surface area contributed by atoms with Gasteiger partial charge in [-0.05, 0) is 56.7 Å². The Labute approximate surface area is 159 Å². The number of benzene rings is 2. The molecule has 0 fully saturated rings. The fourth-order valence-corrected chi connectivity index (χ4v) is 2.51. The van der Waals surface area contributed by atoms with Crippen LogP contribution in [-0.4, -0.2) is 31.6 Å². The van der Waals surface area contributed by atoms with E-state index in [9.17, 15) is 9.59 Å². The number of hydrogen-bond donors (Lipinski definition) is 2. The van der Waals surface area contributed by atoms with Gasteiger partial charge in [0, 0.05) is 18.7 Å². The highest BCUT2D eigenvalue weighted by Crippen LogP contribution is 2.18. The van der Waals surface area contributed by atoms with Crippen molar-refractivity contribution in [2.24, 2.45) is 0 Å². The summed E-state index contributed by atoms with van der Waals surface area (Å²) in [5.41, 5.74) is 1.22. The lowest BCUT2D eigenvalue weighted by Gasteiger charge is -2.10. The molecule has 0 saturated carbocycles. The molecule has 0 bridgehead atoms. The first-order chi connectivity index (χ1) is 13.1. The highest BCUT2D eigenvalue weighted by atomic mass is 16.5. The third-order valence-electron chi connectivity index (χ3n) is 3.75. The zero-order valence-corrected chi connectivity index (χ0v) is 15.8. The van der Waals surface area contributed by atoms with Crippen LogP contribution in [0.2, 0.25) is 0 Å². The normalized spacial score (nSPS) is 10.1. The van der Waals surface area contributed by atoms with Gasteiger partial charge >= 0.3 is 0 Å². The third kappa shape index (κ3) is 6.66. The summed E-state index contributed by atoms with van der Waals surface area (Å²) < 4.78 is 10.8. The van der Waals surface area contributed by atoms with E-state index >= 15 is 0 Å². The largest absolute Gasteiger partial charge is 0.494 e. The summed E-state index contributed by atoms with van der Waals surface area (Å²) in [5, 5.41) is 5.65. The van der Waals surface area contributed by atoms with Crippen molar-refractivity contribution in [2.75, 3.05) is 25.1 Å². The first kappa shape index (κ1) is 20.3. The van der Waals surface area contributed by atoms with Gasteiger partial charge in [-0.2, -0.15) is 0 Å². The topological polar surface area (TPSA) is 76.7 Å². The Morgan fingerprint density at radius 3 is 2.33 bits per heavy atom. The molecule has 2 N–H and O–H groups in total. The molecular weight excluding hydrogens is 344 g/mol. The highest BCUT2D eigenvalue weighted by molar-refractivity contribution is 5.97. The molecule has 144 valence electrons. The van der Waals surface area contributed by atoms with Crippen LogP contribution < -0.4 is 20.1 Å². The average Bonchev–Trinajstić information content (AvgIpc) is 2.67. The standard InChI is InChI=1S/C21H26N2O4/c1-3-26-17-13-11-16(12-14-17)23-20(24)10-7-15-22-21(25)18-8-5-6-9-19(18)27-4-2/h5-6,8-9,11-14H,3-4,7,10,15H2,1-2H3,(H,22,25)(H,23,24). The molecule has 0 radical (unpaired) electrons. The zero-order valence-electron chi connectivity index (χ0n) is 15.8. The summed E-state index contributed by atoms with van der Waals surface area (Å²) in [6.45, 7) is 5.31. The summed E-state index contributed by atoms with van der Waals surface area (Å²) >= 11 is 0. The van der Waals surface area contributed by atoms with Crippen LogP contribution in [0.3, 0.4) is 0 Å². The van der Waals surface area contributed by atoms with Gasteiger partial charge in [-0.1, -0.05) is 12.1 Å². The van der Waals surface area contributed by atoms with Crippen molar-refractivity contribution < 1.29 is 19.1 Å². The first-order valence-corrected chi connectivity index (χ1v) is 9.16. The molecule has 27 heavy (non-hydrogen) atoms. The zero-order chi connectivity index (χ0) is 19.5. The Morgan fingerprint density at radius 2 is 1.63 bits per heavy atom. The van der Waals surface area contributed by atoms with Gasteiger partial charge in [-0.25, -0.2) is 0 Å². The van der Waals surface area contributed by atoms with E-state index in [1.807, 2.05) is 32.0 Å². The van der Waals surface area contributed by atoms with Gasteiger partial charge in [0.2, 0.25) is 5.91 Å². The van der Waals surface area contributed by atoms with Crippen molar-refractivity contribution in [1.29, 1.82) is 0 Å². The lowest BCUT2D eigenvalue weighted by atomic mass is 10.2. The Hall–Kier alpha value is -3.02. The molecule has 6 heteroatoms. The maximum absolute atomic E-state index is 12.3. The molecule has 0 aromatic heterocycles. The fraction of sp³-hybridized carbons (Fsp3) is 0.333. The van der Waals surface area contributed by atoms with Crippen molar-refractivity contribution >= 4 is 17.5 Å². The van der Waals surface area contributed by atoms with Crippen LogP contribution >= 0.6 is 0 Å². The maximum Gasteiger partial charge on any atom is 0.255 e. The fourth-order valence-electron chi connectivity index (χ4n) is 2.51. The number of hydrogen-bond acceptors (Lipinski definition) is 4. The van der Waals surface area contributed by atoms with E-state index in [4.69, 9.17) is 9.47 Å². The molecule has 0 spiro atoms. The van der Waals surface area contributed by atoms with Crippen molar-refractivity contribution in [1.82, 2.24) is 5.32 Å². The Balaban J connectivity index is 1.73. The summed E-state index contributed by atoms with van der Waals surface area (Å²) in [6, 6.07) is 14.3. The lowest BCUT2D eigenvalue weighted by Crippen LogP contribution is -2.26. The quantitative estimate of drug-likeness (QED) is 0.626. The molecule has 0 atom stereocenters. The number of carbonyl (C=O) groups is 2. The first-order valence-electron chi connectivity index (χ1n) is 9.16. The second-order valence-electron chi connectivity index (χ2n) is 5.79. The number of para-hydroxylation sites is 1. The van der Waals surface area contributed by atoms with Crippen molar-refractivity contribution in [3.63, 3.8) is 0 Å². The smallest absolute Gasteiger partial charge is 0.255 e. The molecule has 2 aromatic rings. The predicted molar refractivity (Wildman–Crippen MR) is 105 cm³/mol. The molecule has 0 aliphatic carbocycles. The number of ether oxygens (including phenoxy) is 2. The van der Waals surface area contributed by atoms with Crippen LogP contribution in [0.25, 0.3) is 0 Å². The van der Waals surface area contributed by atoms with Gasteiger partial charge < -0.3 is 20.1 Å². The second kappa shape index (κ2) is 10.9. The van der Waals surface area contributed by atoms with E-state index in [0.717, 1.165) is 11.4 Å². The maximum atomic E-state index is 12.3. The Bertz CT molecular complexity index is 744. The molecule has 6 nitrogen and oxygen atoms in total. The molecule has 2 rings (SSSR count). The summed E-state index contributed by atoms with van der Waals surface area (Å²) in [4.78, 5) is 24.3. The Morgan fingerprint density at radius 1 is 0.926 bits per heavy atom. The highest BCUT2D eigenvalue weighted by Gasteiger charge is 2.11. The van der Waals surface area contributed by atoms with Gasteiger partial charge in [0.25, 0.3) is 5.91 Å².